The van der Waals surface area contributed by atoms with Crippen molar-refractivity contribution in [1.82, 2.24) is 0 Å². The Kier molecular flexibility index (Phi) is 3.59. The van der Waals surface area contributed by atoms with Gasteiger partial charge in [0.15, 0.2) is 0 Å². The molecular weight excluding hydrogens is 337 g/mol. The van der Waals surface area contributed by atoms with Crippen LogP contribution in [0, 0.1) is 21.3 Å². The summed E-state index contributed by atoms with van der Waals surface area (Å²) in [4.78, 5) is 12.0. The molecule has 1 aromatic carbocycles. The minimum Gasteiger partial charge on any atom is -0.326 e. The highest BCUT2D eigenvalue weighted by molar-refractivity contribution is 14.1. The lowest BCUT2D eigenvalue weighted by atomic mass is 9.86. The van der Waals surface area contributed by atoms with Crippen molar-refractivity contribution in [2.75, 3.05) is 5.32 Å². The van der Waals surface area contributed by atoms with Gasteiger partial charge in [-0.05, 0) is 77.8 Å². The van der Waals surface area contributed by atoms with Crippen LogP contribution < -0.4 is 5.32 Å². The number of rotatable bonds is 3. The van der Waals surface area contributed by atoms with Crippen LogP contribution in [0.1, 0.15) is 32.1 Å². The van der Waals surface area contributed by atoms with Crippen molar-refractivity contribution in [1.29, 1.82) is 0 Å². The quantitative estimate of drug-likeness (QED) is 0.815. The minimum absolute atomic E-state index is 0.189. The molecule has 2 aliphatic carbocycles. The molecule has 0 saturated heterocycles. The molecule has 1 amide bonds. The summed E-state index contributed by atoms with van der Waals surface area (Å²) in [5.74, 6) is 2.59. The Balaban J connectivity index is 1.56. The molecule has 1 aromatic rings. The monoisotopic (exact) mass is 355 g/mol. The zero-order valence-corrected chi connectivity index (χ0v) is 12.5. The van der Waals surface area contributed by atoms with Gasteiger partial charge in [-0.1, -0.05) is 12.5 Å². The summed E-state index contributed by atoms with van der Waals surface area (Å²) in [5.41, 5.74) is 0.926. The van der Waals surface area contributed by atoms with Crippen LogP contribution >= 0.6 is 22.6 Å². The highest BCUT2D eigenvalue weighted by Gasteiger charge is 2.40. The number of hydrogen-bond donors (Lipinski definition) is 1. The topological polar surface area (TPSA) is 29.1 Å². The van der Waals surface area contributed by atoms with Crippen molar-refractivity contribution in [3.05, 3.63) is 27.8 Å². The van der Waals surface area contributed by atoms with E-state index >= 15 is 0 Å². The van der Waals surface area contributed by atoms with E-state index in [9.17, 15) is 4.79 Å². The Bertz CT molecular complexity index is 460. The van der Waals surface area contributed by atoms with E-state index in [1.54, 1.807) is 0 Å². The number of nitrogens with one attached hydrogen (secondary N) is 1. The van der Waals surface area contributed by atoms with E-state index in [1.807, 2.05) is 24.3 Å². The minimum atomic E-state index is 0.189. The second kappa shape index (κ2) is 5.19. The van der Waals surface area contributed by atoms with Crippen molar-refractivity contribution >= 4 is 34.2 Å². The number of hydrogen-bond acceptors (Lipinski definition) is 1. The van der Waals surface area contributed by atoms with Crippen molar-refractivity contribution in [2.45, 2.75) is 32.1 Å². The first-order valence-corrected chi connectivity index (χ1v) is 7.84. The molecule has 3 atom stereocenters. The van der Waals surface area contributed by atoms with Gasteiger partial charge in [0.05, 0.1) is 0 Å². The Morgan fingerprint density at radius 2 is 2.22 bits per heavy atom. The van der Waals surface area contributed by atoms with Gasteiger partial charge in [-0.3, -0.25) is 4.79 Å². The van der Waals surface area contributed by atoms with Gasteiger partial charge in [-0.15, -0.1) is 0 Å². The van der Waals surface area contributed by atoms with E-state index in [2.05, 4.69) is 27.9 Å². The number of carbonyl (C=O) groups is 1. The van der Waals surface area contributed by atoms with Crippen molar-refractivity contribution in [3.8, 4) is 0 Å². The third kappa shape index (κ3) is 2.71. The van der Waals surface area contributed by atoms with Crippen molar-refractivity contribution < 1.29 is 4.79 Å². The molecule has 3 rings (SSSR count). The number of halogens is 1. The Hall–Kier alpha value is -0.580. The first-order chi connectivity index (χ1) is 8.70. The van der Waals surface area contributed by atoms with Gasteiger partial charge in [0.1, 0.15) is 0 Å². The lowest BCUT2D eigenvalue weighted by Crippen LogP contribution is -2.20. The highest BCUT2D eigenvalue weighted by atomic mass is 127. The van der Waals surface area contributed by atoms with Crippen LogP contribution in [0.5, 0.6) is 0 Å². The standard InChI is InChI=1S/C15H18INO/c16-13-2-1-3-14(9-13)17-15(18)8-12-7-10-4-5-11(12)6-10/h1-3,9-12H,4-8H2,(H,17,18)/t10-,11+,12-/m0/s1. The van der Waals surface area contributed by atoms with Gasteiger partial charge >= 0.3 is 0 Å². The third-order valence-electron chi connectivity index (χ3n) is 4.44. The third-order valence-corrected chi connectivity index (χ3v) is 5.11. The van der Waals surface area contributed by atoms with Gasteiger partial charge in [0.2, 0.25) is 5.91 Å². The lowest BCUT2D eigenvalue weighted by Gasteiger charge is -2.20. The number of benzene rings is 1. The van der Waals surface area contributed by atoms with E-state index in [0.717, 1.165) is 21.1 Å². The summed E-state index contributed by atoms with van der Waals surface area (Å²) in [5, 5.41) is 3.03. The van der Waals surface area contributed by atoms with Crippen LogP contribution in [-0.2, 0) is 4.79 Å². The van der Waals surface area contributed by atoms with Gasteiger partial charge in [-0.25, -0.2) is 0 Å². The maximum atomic E-state index is 12.0. The molecule has 2 bridgehead atoms. The van der Waals surface area contributed by atoms with Gasteiger partial charge in [0, 0.05) is 15.7 Å². The molecule has 0 unspecified atom stereocenters. The average Bonchev–Trinajstić information content (AvgIpc) is 2.90. The molecule has 2 saturated carbocycles. The van der Waals surface area contributed by atoms with Crippen LogP contribution in [-0.4, -0.2) is 5.91 Å². The molecule has 2 aliphatic rings. The molecule has 0 spiro atoms. The first kappa shape index (κ1) is 12.5. The van der Waals surface area contributed by atoms with Gasteiger partial charge < -0.3 is 5.32 Å². The molecule has 2 fully saturated rings. The van der Waals surface area contributed by atoms with Crippen molar-refractivity contribution in [2.24, 2.45) is 17.8 Å². The Morgan fingerprint density at radius 3 is 2.89 bits per heavy atom. The summed E-state index contributed by atoms with van der Waals surface area (Å²) in [6.45, 7) is 0. The van der Waals surface area contributed by atoms with Crippen molar-refractivity contribution in [3.63, 3.8) is 0 Å². The molecule has 96 valence electrons. The van der Waals surface area contributed by atoms with Crippen LogP contribution in [0.25, 0.3) is 0 Å². The molecule has 18 heavy (non-hydrogen) atoms. The average molecular weight is 355 g/mol. The molecule has 0 heterocycles. The Morgan fingerprint density at radius 1 is 1.33 bits per heavy atom. The summed E-state index contributed by atoms with van der Waals surface area (Å²) in [7, 11) is 0. The summed E-state index contributed by atoms with van der Waals surface area (Å²) in [6, 6.07) is 7.99. The number of anilines is 1. The summed E-state index contributed by atoms with van der Waals surface area (Å²) in [6.07, 6.45) is 6.13. The van der Waals surface area contributed by atoms with E-state index in [4.69, 9.17) is 0 Å². The lowest BCUT2D eigenvalue weighted by molar-refractivity contribution is -0.117. The van der Waals surface area contributed by atoms with Gasteiger partial charge in [0.25, 0.3) is 0 Å². The molecule has 1 N–H and O–H groups in total. The molecule has 0 aliphatic heterocycles. The first-order valence-electron chi connectivity index (χ1n) is 6.76. The summed E-state index contributed by atoms with van der Waals surface area (Å²) < 4.78 is 1.16. The second-order valence-electron chi connectivity index (χ2n) is 5.70. The van der Waals surface area contributed by atoms with E-state index in [1.165, 1.54) is 25.7 Å². The zero-order chi connectivity index (χ0) is 12.5. The molecule has 2 nitrogen and oxygen atoms in total. The molecule has 0 aromatic heterocycles. The predicted molar refractivity (Wildman–Crippen MR) is 81.3 cm³/mol. The predicted octanol–water partition coefficient (Wildman–Crippen LogP) is 4.06. The largest absolute Gasteiger partial charge is 0.326 e. The molecular formula is C15H18INO. The fraction of sp³-hybridized carbons (Fsp3) is 0.533. The van der Waals surface area contributed by atoms with Gasteiger partial charge in [-0.2, -0.15) is 0 Å². The second-order valence-corrected chi connectivity index (χ2v) is 6.94. The Labute approximate surface area is 122 Å². The number of amides is 1. The van der Waals surface area contributed by atoms with Crippen LogP contribution in [0.4, 0.5) is 5.69 Å². The summed E-state index contributed by atoms with van der Waals surface area (Å²) >= 11 is 2.27. The normalized spacial score (nSPS) is 29.5. The van der Waals surface area contributed by atoms with E-state index in [0.29, 0.717) is 12.3 Å². The fourth-order valence-electron chi connectivity index (χ4n) is 3.64. The maximum Gasteiger partial charge on any atom is 0.224 e. The van der Waals surface area contributed by atoms with Crippen LogP contribution in [0.3, 0.4) is 0 Å². The SMILES string of the molecule is O=C(C[C@@H]1C[C@H]2CC[C@@H]1C2)Nc1cccc(I)c1. The van der Waals surface area contributed by atoms with Crippen LogP contribution in [0.2, 0.25) is 0 Å². The highest BCUT2D eigenvalue weighted by Crippen LogP contribution is 2.49. The molecule has 0 radical (unpaired) electrons. The van der Waals surface area contributed by atoms with Crippen LogP contribution in [0.15, 0.2) is 24.3 Å². The zero-order valence-electron chi connectivity index (χ0n) is 10.4. The number of fused-ring (bicyclic) bond motifs is 2. The fourth-order valence-corrected chi connectivity index (χ4v) is 4.19. The number of carbonyl (C=O) groups excluding carboxylic acids is 1. The smallest absolute Gasteiger partial charge is 0.224 e. The molecule has 3 heteroatoms. The van der Waals surface area contributed by atoms with E-state index < -0.39 is 0 Å². The van der Waals surface area contributed by atoms with E-state index in [-0.39, 0.29) is 5.91 Å². The maximum absolute atomic E-state index is 12.0.